The molecule has 1 aromatic heterocycles. The fourth-order valence-electron chi connectivity index (χ4n) is 1.57. The van der Waals surface area contributed by atoms with Crippen molar-refractivity contribution in [2.45, 2.75) is 13.1 Å². The zero-order valence-electron chi connectivity index (χ0n) is 9.54. The van der Waals surface area contributed by atoms with Gasteiger partial charge in [0.25, 0.3) is 0 Å². The minimum atomic E-state index is -1.43. The maximum atomic E-state index is 12.9. The molecule has 6 heteroatoms. The smallest absolute Gasteiger partial charge is 0.194 e. The van der Waals surface area contributed by atoms with Crippen LogP contribution < -0.4 is 5.32 Å². The lowest BCUT2D eigenvalue weighted by molar-refractivity contribution is 0.444. The molecule has 2 rings (SSSR count). The van der Waals surface area contributed by atoms with Gasteiger partial charge >= 0.3 is 0 Å². The maximum absolute atomic E-state index is 12.9. The van der Waals surface area contributed by atoms with Crippen molar-refractivity contribution in [2.75, 3.05) is 6.54 Å². The van der Waals surface area contributed by atoms with Crippen molar-refractivity contribution in [2.24, 2.45) is 0 Å². The Balaban J connectivity index is 1.83. The fraction of sp³-hybridized carbons (Fsp3) is 0.250. The van der Waals surface area contributed by atoms with Crippen LogP contribution in [-0.2, 0) is 13.1 Å². The molecule has 96 valence electrons. The van der Waals surface area contributed by atoms with Gasteiger partial charge in [-0.05, 0) is 23.8 Å². The molecule has 3 nitrogen and oxygen atoms in total. The Labute approximate surface area is 102 Å². The van der Waals surface area contributed by atoms with Crippen LogP contribution in [0.1, 0.15) is 5.56 Å². The first-order valence-corrected chi connectivity index (χ1v) is 5.48. The second-order valence-electron chi connectivity index (χ2n) is 3.82. The Morgan fingerprint density at radius 1 is 1.17 bits per heavy atom. The van der Waals surface area contributed by atoms with E-state index in [-0.39, 0.29) is 6.54 Å². The number of nitrogens with one attached hydrogen (secondary N) is 1. The third-order valence-electron chi connectivity index (χ3n) is 2.45. The van der Waals surface area contributed by atoms with Crippen LogP contribution in [0.15, 0.2) is 30.6 Å². The number of rotatable bonds is 5. The van der Waals surface area contributed by atoms with Crippen LogP contribution in [0.3, 0.4) is 0 Å². The van der Waals surface area contributed by atoms with Gasteiger partial charge in [-0.15, -0.1) is 0 Å². The summed E-state index contributed by atoms with van der Waals surface area (Å²) in [5, 5.41) is 7.00. The highest BCUT2D eigenvalue weighted by Crippen LogP contribution is 2.13. The summed E-state index contributed by atoms with van der Waals surface area (Å²) in [6.07, 6.45) is 3.49. The highest BCUT2D eigenvalue weighted by atomic mass is 19.2. The zero-order chi connectivity index (χ0) is 13.0. The average molecular weight is 255 g/mol. The van der Waals surface area contributed by atoms with Gasteiger partial charge in [0.15, 0.2) is 17.5 Å². The molecular formula is C12H12F3N3. The second-order valence-corrected chi connectivity index (χ2v) is 3.82. The molecule has 0 aliphatic carbocycles. The molecule has 1 N–H and O–H groups in total. The molecule has 0 unspecified atom stereocenters. The van der Waals surface area contributed by atoms with Crippen LogP contribution >= 0.6 is 0 Å². The van der Waals surface area contributed by atoms with Gasteiger partial charge < -0.3 is 5.32 Å². The molecule has 2 aromatic rings. The van der Waals surface area contributed by atoms with Crippen molar-refractivity contribution in [3.05, 3.63) is 53.6 Å². The minimum Gasteiger partial charge on any atom is -0.311 e. The molecule has 1 heterocycles. The number of hydrogen-bond donors (Lipinski definition) is 1. The predicted octanol–water partition coefficient (Wildman–Crippen LogP) is 2.09. The predicted molar refractivity (Wildman–Crippen MR) is 60.2 cm³/mol. The monoisotopic (exact) mass is 255 g/mol. The van der Waals surface area contributed by atoms with Crippen LogP contribution in [0, 0.1) is 17.5 Å². The number of nitrogens with zero attached hydrogens (tertiary/aromatic N) is 2. The number of aromatic nitrogens is 2. The summed E-state index contributed by atoms with van der Waals surface area (Å²) in [4.78, 5) is 0. The third kappa shape index (κ3) is 3.10. The van der Waals surface area contributed by atoms with Gasteiger partial charge in [0.1, 0.15) is 0 Å². The van der Waals surface area contributed by atoms with Crippen LogP contribution in [0.2, 0.25) is 0 Å². The largest absolute Gasteiger partial charge is 0.311 e. The van der Waals surface area contributed by atoms with E-state index in [1.165, 1.54) is 0 Å². The van der Waals surface area contributed by atoms with Gasteiger partial charge in [-0.3, -0.25) is 4.68 Å². The summed E-state index contributed by atoms with van der Waals surface area (Å²) < 4.78 is 40.3. The molecular weight excluding hydrogens is 243 g/mol. The standard InChI is InChI=1S/C12H12F3N3/c13-10-6-9(7-11(14)12(10)15)8-16-3-5-18-4-1-2-17-18/h1-2,4,6-7,16H,3,5,8H2. The second kappa shape index (κ2) is 5.68. The molecule has 0 radical (unpaired) electrons. The molecule has 0 amide bonds. The van der Waals surface area contributed by atoms with Crippen LogP contribution in [-0.4, -0.2) is 16.3 Å². The quantitative estimate of drug-likeness (QED) is 0.655. The van der Waals surface area contributed by atoms with E-state index >= 15 is 0 Å². The molecule has 0 saturated carbocycles. The molecule has 0 fully saturated rings. The van der Waals surface area contributed by atoms with Gasteiger partial charge in [-0.1, -0.05) is 0 Å². The summed E-state index contributed by atoms with van der Waals surface area (Å²) in [7, 11) is 0. The first kappa shape index (κ1) is 12.6. The Morgan fingerprint density at radius 3 is 2.50 bits per heavy atom. The minimum absolute atomic E-state index is 0.273. The normalized spacial score (nSPS) is 10.8. The first-order chi connectivity index (χ1) is 8.66. The Hall–Kier alpha value is -1.82. The maximum Gasteiger partial charge on any atom is 0.194 e. The van der Waals surface area contributed by atoms with Crippen molar-refractivity contribution in [1.82, 2.24) is 15.1 Å². The topological polar surface area (TPSA) is 29.9 Å². The highest BCUT2D eigenvalue weighted by Gasteiger charge is 2.09. The van der Waals surface area contributed by atoms with Gasteiger partial charge in [-0.25, -0.2) is 13.2 Å². The number of hydrogen-bond acceptors (Lipinski definition) is 2. The van der Waals surface area contributed by atoms with E-state index in [4.69, 9.17) is 0 Å². The van der Waals surface area contributed by atoms with E-state index in [0.29, 0.717) is 18.7 Å². The van der Waals surface area contributed by atoms with Gasteiger partial charge in [-0.2, -0.15) is 5.10 Å². The molecule has 18 heavy (non-hydrogen) atoms. The van der Waals surface area contributed by atoms with Gasteiger partial charge in [0, 0.05) is 25.5 Å². The van der Waals surface area contributed by atoms with E-state index in [1.54, 1.807) is 10.9 Å². The summed E-state index contributed by atoms with van der Waals surface area (Å²) >= 11 is 0. The lowest BCUT2D eigenvalue weighted by atomic mass is 10.2. The molecule has 0 aliphatic heterocycles. The van der Waals surface area contributed by atoms with Gasteiger partial charge in [0.2, 0.25) is 0 Å². The lowest BCUT2D eigenvalue weighted by Crippen LogP contribution is -2.20. The molecule has 0 aliphatic rings. The van der Waals surface area contributed by atoms with Gasteiger partial charge in [0.05, 0.1) is 6.54 Å². The summed E-state index contributed by atoms with van der Waals surface area (Å²) in [5.74, 6) is -3.77. The fourth-order valence-corrected chi connectivity index (χ4v) is 1.57. The van der Waals surface area contributed by atoms with Crippen molar-refractivity contribution < 1.29 is 13.2 Å². The zero-order valence-corrected chi connectivity index (χ0v) is 9.54. The van der Waals surface area contributed by atoms with Crippen molar-refractivity contribution in [1.29, 1.82) is 0 Å². The van der Waals surface area contributed by atoms with Crippen LogP contribution in [0.25, 0.3) is 0 Å². The summed E-state index contributed by atoms with van der Waals surface area (Å²) in [6.45, 7) is 1.52. The van der Waals surface area contributed by atoms with E-state index in [2.05, 4.69) is 10.4 Å². The Morgan fingerprint density at radius 2 is 1.89 bits per heavy atom. The van der Waals surface area contributed by atoms with Crippen LogP contribution in [0.5, 0.6) is 0 Å². The SMILES string of the molecule is Fc1cc(CNCCn2cccn2)cc(F)c1F. The molecule has 0 atom stereocenters. The number of benzene rings is 1. The van der Waals surface area contributed by atoms with E-state index in [0.717, 1.165) is 12.1 Å². The molecule has 0 bridgehead atoms. The Kier molecular flexibility index (Phi) is 3.99. The van der Waals surface area contributed by atoms with Crippen LogP contribution in [0.4, 0.5) is 13.2 Å². The lowest BCUT2D eigenvalue weighted by Gasteiger charge is -2.06. The van der Waals surface area contributed by atoms with E-state index in [9.17, 15) is 13.2 Å². The van der Waals surface area contributed by atoms with Crippen molar-refractivity contribution in [3.63, 3.8) is 0 Å². The van der Waals surface area contributed by atoms with Crippen molar-refractivity contribution >= 4 is 0 Å². The van der Waals surface area contributed by atoms with E-state index in [1.807, 2.05) is 12.3 Å². The number of halogens is 3. The summed E-state index contributed by atoms with van der Waals surface area (Å²) in [5.41, 5.74) is 0.367. The molecule has 0 spiro atoms. The Bertz CT molecular complexity index is 488. The highest BCUT2D eigenvalue weighted by molar-refractivity contribution is 5.19. The molecule has 0 saturated heterocycles. The van der Waals surface area contributed by atoms with Crippen molar-refractivity contribution in [3.8, 4) is 0 Å². The van der Waals surface area contributed by atoms with E-state index < -0.39 is 17.5 Å². The first-order valence-electron chi connectivity index (χ1n) is 5.48. The third-order valence-corrected chi connectivity index (χ3v) is 2.45. The summed E-state index contributed by atoms with van der Waals surface area (Å²) in [6, 6.07) is 3.78. The average Bonchev–Trinajstić information content (AvgIpc) is 2.84. The molecule has 1 aromatic carbocycles.